The van der Waals surface area contributed by atoms with Crippen LogP contribution < -0.4 is 0 Å². The fourth-order valence-electron chi connectivity index (χ4n) is 1.36. The van der Waals surface area contributed by atoms with Gasteiger partial charge in [-0.25, -0.2) is 4.79 Å². The number of nitriles is 1. The van der Waals surface area contributed by atoms with Crippen LogP contribution in [0.2, 0.25) is 0 Å². The number of hydrogen-bond donors (Lipinski definition) is 1. The average Bonchev–Trinajstić information content (AvgIpc) is 2.36. The second kappa shape index (κ2) is 6.21. The first kappa shape index (κ1) is 13.5. The van der Waals surface area contributed by atoms with Crippen LogP contribution in [0.15, 0.2) is 36.4 Å². The van der Waals surface area contributed by atoms with Gasteiger partial charge in [-0.1, -0.05) is 12.1 Å². The van der Waals surface area contributed by atoms with Crippen molar-refractivity contribution in [2.24, 2.45) is 0 Å². The monoisotopic (exact) mass is 244 g/mol. The molecule has 0 fully saturated rings. The summed E-state index contributed by atoms with van der Waals surface area (Å²) < 4.78 is 0. The number of benzene rings is 1. The molecule has 1 rings (SSSR count). The highest BCUT2D eigenvalue weighted by molar-refractivity contribution is 5.93. The fourth-order valence-corrected chi connectivity index (χ4v) is 1.36. The molecule has 0 atom stereocenters. The lowest BCUT2D eigenvalue weighted by Gasteiger charge is -2.15. The van der Waals surface area contributed by atoms with E-state index in [1.807, 2.05) is 6.07 Å². The molecular formula is C13H12N2O3. The van der Waals surface area contributed by atoms with Crippen LogP contribution in [0.4, 0.5) is 0 Å². The topological polar surface area (TPSA) is 81.4 Å². The minimum atomic E-state index is -1.16. The van der Waals surface area contributed by atoms with Gasteiger partial charge in [-0.2, -0.15) is 5.26 Å². The van der Waals surface area contributed by atoms with Crippen molar-refractivity contribution in [3.63, 3.8) is 0 Å². The van der Waals surface area contributed by atoms with Crippen molar-refractivity contribution in [3.8, 4) is 6.07 Å². The maximum Gasteiger partial charge on any atom is 0.328 e. The number of carboxylic acids is 1. The first-order valence-electron chi connectivity index (χ1n) is 5.18. The number of hydrogen-bond acceptors (Lipinski definition) is 3. The van der Waals surface area contributed by atoms with E-state index in [-0.39, 0.29) is 0 Å². The number of rotatable bonds is 4. The molecule has 0 aliphatic carbocycles. The highest BCUT2D eigenvalue weighted by Gasteiger charge is 2.06. The van der Waals surface area contributed by atoms with Crippen molar-refractivity contribution in [2.45, 2.75) is 6.54 Å². The van der Waals surface area contributed by atoms with Crippen molar-refractivity contribution >= 4 is 11.9 Å². The molecule has 0 unspecified atom stereocenters. The summed E-state index contributed by atoms with van der Waals surface area (Å²) in [5, 5.41) is 17.2. The summed E-state index contributed by atoms with van der Waals surface area (Å²) in [7, 11) is 1.56. The van der Waals surface area contributed by atoms with Crippen molar-refractivity contribution in [1.29, 1.82) is 5.26 Å². The van der Waals surface area contributed by atoms with Crippen molar-refractivity contribution in [2.75, 3.05) is 7.05 Å². The number of amides is 1. The Labute approximate surface area is 105 Å². The lowest BCUT2D eigenvalue weighted by molar-refractivity contribution is -0.132. The summed E-state index contributed by atoms with van der Waals surface area (Å²) in [5.41, 5.74) is 1.34. The molecule has 18 heavy (non-hydrogen) atoms. The van der Waals surface area contributed by atoms with Gasteiger partial charge in [0, 0.05) is 25.7 Å². The molecular weight excluding hydrogens is 232 g/mol. The van der Waals surface area contributed by atoms with E-state index < -0.39 is 11.9 Å². The Kier molecular flexibility index (Phi) is 4.64. The van der Waals surface area contributed by atoms with Crippen LogP contribution in [0.25, 0.3) is 0 Å². The second-order valence-electron chi connectivity index (χ2n) is 3.68. The van der Waals surface area contributed by atoms with E-state index in [4.69, 9.17) is 10.4 Å². The zero-order valence-corrected chi connectivity index (χ0v) is 9.83. The van der Waals surface area contributed by atoms with Gasteiger partial charge < -0.3 is 10.0 Å². The Bertz CT molecular complexity index is 529. The smallest absolute Gasteiger partial charge is 0.328 e. The van der Waals surface area contributed by atoms with Gasteiger partial charge in [0.1, 0.15) is 0 Å². The zero-order chi connectivity index (χ0) is 13.5. The lowest BCUT2D eigenvalue weighted by atomic mass is 10.1. The van der Waals surface area contributed by atoms with Gasteiger partial charge in [-0.05, 0) is 17.7 Å². The summed E-state index contributed by atoms with van der Waals surface area (Å²) in [5.74, 6) is -1.57. The Morgan fingerprint density at radius 2 is 2.17 bits per heavy atom. The Balaban J connectivity index is 2.69. The summed E-state index contributed by atoms with van der Waals surface area (Å²) in [6, 6.07) is 8.91. The van der Waals surface area contributed by atoms with Gasteiger partial charge in [0.15, 0.2) is 0 Å². The molecule has 0 saturated carbocycles. The molecule has 0 aliphatic rings. The van der Waals surface area contributed by atoms with Crippen LogP contribution in [0.1, 0.15) is 11.1 Å². The van der Waals surface area contributed by atoms with E-state index in [1.54, 1.807) is 31.3 Å². The Hall–Kier alpha value is -2.61. The first-order valence-corrected chi connectivity index (χ1v) is 5.18. The normalized spacial score (nSPS) is 10.0. The molecule has 0 radical (unpaired) electrons. The molecule has 5 nitrogen and oxygen atoms in total. The van der Waals surface area contributed by atoms with E-state index in [2.05, 4.69) is 0 Å². The lowest BCUT2D eigenvalue weighted by Crippen LogP contribution is -2.24. The van der Waals surface area contributed by atoms with E-state index in [1.165, 1.54) is 4.90 Å². The summed E-state index contributed by atoms with van der Waals surface area (Å²) in [6.45, 7) is 0.318. The third kappa shape index (κ3) is 4.10. The Morgan fingerprint density at radius 1 is 1.44 bits per heavy atom. The van der Waals surface area contributed by atoms with Crippen LogP contribution in [-0.2, 0) is 16.1 Å². The number of likely N-dealkylation sites (N-methyl/N-ethyl adjacent to an activating group) is 1. The molecule has 0 aliphatic heterocycles. The van der Waals surface area contributed by atoms with Gasteiger partial charge in [0.05, 0.1) is 11.6 Å². The van der Waals surface area contributed by atoms with Crippen LogP contribution in [0, 0.1) is 11.3 Å². The van der Waals surface area contributed by atoms with Crippen LogP contribution in [0.3, 0.4) is 0 Å². The molecule has 0 bridgehead atoms. The molecule has 1 aromatic rings. The van der Waals surface area contributed by atoms with Gasteiger partial charge in [-0.15, -0.1) is 0 Å². The number of carbonyl (C=O) groups is 2. The number of aliphatic carboxylic acids is 1. The third-order valence-electron chi connectivity index (χ3n) is 2.22. The number of carbonyl (C=O) groups excluding carboxylic acids is 1. The van der Waals surface area contributed by atoms with E-state index in [0.29, 0.717) is 12.1 Å². The van der Waals surface area contributed by atoms with Crippen molar-refractivity contribution in [3.05, 3.63) is 47.5 Å². The number of carboxylic acid groups (broad SMARTS) is 1. The molecule has 1 aromatic carbocycles. The molecule has 0 saturated heterocycles. The zero-order valence-electron chi connectivity index (χ0n) is 9.83. The largest absolute Gasteiger partial charge is 0.478 e. The molecule has 5 heteroatoms. The Morgan fingerprint density at radius 3 is 2.78 bits per heavy atom. The van der Waals surface area contributed by atoms with Gasteiger partial charge in [0.25, 0.3) is 0 Å². The maximum atomic E-state index is 11.5. The summed E-state index contributed by atoms with van der Waals surface area (Å²) in [4.78, 5) is 23.2. The molecule has 0 heterocycles. The SMILES string of the molecule is CN(Cc1cccc(C#N)c1)C(=O)/C=C/C(=O)O. The second-order valence-corrected chi connectivity index (χ2v) is 3.68. The predicted molar refractivity (Wildman–Crippen MR) is 64.4 cm³/mol. The minimum absolute atomic E-state index is 0.318. The number of nitrogens with zero attached hydrogens (tertiary/aromatic N) is 2. The molecule has 1 amide bonds. The first-order chi connectivity index (χ1) is 8.52. The van der Waals surface area contributed by atoms with Gasteiger partial charge in [-0.3, -0.25) is 4.79 Å². The van der Waals surface area contributed by atoms with E-state index in [9.17, 15) is 9.59 Å². The summed E-state index contributed by atoms with van der Waals surface area (Å²) in [6.07, 6.45) is 1.79. The summed E-state index contributed by atoms with van der Waals surface area (Å²) >= 11 is 0. The molecule has 0 spiro atoms. The van der Waals surface area contributed by atoms with Gasteiger partial charge in [0.2, 0.25) is 5.91 Å². The quantitative estimate of drug-likeness (QED) is 0.806. The van der Waals surface area contributed by atoms with E-state index in [0.717, 1.165) is 17.7 Å². The van der Waals surface area contributed by atoms with Crippen LogP contribution >= 0.6 is 0 Å². The van der Waals surface area contributed by atoms with Crippen molar-refractivity contribution in [1.82, 2.24) is 4.90 Å². The van der Waals surface area contributed by atoms with Crippen LogP contribution in [0.5, 0.6) is 0 Å². The van der Waals surface area contributed by atoms with Crippen molar-refractivity contribution < 1.29 is 14.7 Å². The molecule has 0 aromatic heterocycles. The molecule has 92 valence electrons. The minimum Gasteiger partial charge on any atom is -0.478 e. The highest BCUT2D eigenvalue weighted by atomic mass is 16.4. The maximum absolute atomic E-state index is 11.5. The average molecular weight is 244 g/mol. The van der Waals surface area contributed by atoms with Crippen LogP contribution in [-0.4, -0.2) is 28.9 Å². The highest BCUT2D eigenvalue weighted by Crippen LogP contribution is 2.07. The molecule has 1 N–H and O–H groups in total. The fraction of sp³-hybridized carbons (Fsp3) is 0.154. The predicted octanol–water partition coefficient (Wildman–Crippen LogP) is 1.16. The van der Waals surface area contributed by atoms with E-state index >= 15 is 0 Å². The van der Waals surface area contributed by atoms with Gasteiger partial charge >= 0.3 is 5.97 Å². The third-order valence-corrected chi connectivity index (χ3v) is 2.22. The standard InChI is InChI=1S/C13H12N2O3/c1-15(12(16)5-6-13(17)18)9-11-4-2-3-10(7-11)8-14/h2-7H,9H2,1H3,(H,17,18)/b6-5+.